The smallest absolute Gasteiger partial charge is 0.141 e. The van der Waals surface area contributed by atoms with Crippen LogP contribution in [0.1, 0.15) is 30.9 Å². The molecule has 3 rings (SSSR count). The average molecular weight is 243 g/mol. The Balaban J connectivity index is 1.99. The Kier molecular flexibility index (Phi) is 2.70. The molecule has 2 aromatic rings. The van der Waals surface area contributed by atoms with Gasteiger partial charge < -0.3 is 15.0 Å². The number of hydrogen-bond donors (Lipinski definition) is 1. The zero-order chi connectivity index (χ0) is 12.5. The summed E-state index contributed by atoms with van der Waals surface area (Å²) < 4.78 is 7.30. The van der Waals surface area contributed by atoms with Gasteiger partial charge in [0.1, 0.15) is 5.75 Å². The SMILES string of the molecule is COc1ccc(-n2cncc2C2CCC2)cc1N. The number of nitrogens with zero attached hydrogens (tertiary/aromatic N) is 2. The molecule has 0 aliphatic heterocycles. The first-order valence-corrected chi connectivity index (χ1v) is 6.25. The zero-order valence-corrected chi connectivity index (χ0v) is 10.5. The van der Waals surface area contributed by atoms with Gasteiger partial charge in [-0.3, -0.25) is 0 Å². The van der Waals surface area contributed by atoms with Crippen LogP contribution in [0, 0.1) is 0 Å². The standard InChI is InChI=1S/C14H17N3O/c1-18-14-6-5-11(7-12(14)15)17-9-16-8-13(17)10-3-2-4-10/h5-10H,2-4,15H2,1H3. The molecule has 1 aliphatic carbocycles. The highest BCUT2D eigenvalue weighted by molar-refractivity contribution is 5.58. The molecule has 0 unspecified atom stereocenters. The Bertz CT molecular complexity index is 558. The van der Waals surface area contributed by atoms with Gasteiger partial charge in [0.2, 0.25) is 0 Å². The van der Waals surface area contributed by atoms with Crippen LogP contribution < -0.4 is 10.5 Å². The zero-order valence-electron chi connectivity index (χ0n) is 10.5. The summed E-state index contributed by atoms with van der Waals surface area (Å²) in [6.07, 6.45) is 7.66. The number of aromatic nitrogens is 2. The summed E-state index contributed by atoms with van der Waals surface area (Å²) in [5.74, 6) is 1.36. The highest BCUT2D eigenvalue weighted by Gasteiger charge is 2.23. The maximum Gasteiger partial charge on any atom is 0.141 e. The number of nitrogens with two attached hydrogens (primary N) is 1. The minimum atomic E-state index is 0.649. The first-order chi connectivity index (χ1) is 8.79. The summed E-state index contributed by atoms with van der Waals surface area (Å²) in [7, 11) is 1.63. The number of imidazole rings is 1. The largest absolute Gasteiger partial charge is 0.495 e. The van der Waals surface area contributed by atoms with Crippen LogP contribution in [0.25, 0.3) is 5.69 Å². The van der Waals surface area contributed by atoms with Gasteiger partial charge in [0, 0.05) is 23.5 Å². The van der Waals surface area contributed by atoms with Crippen molar-refractivity contribution in [3.8, 4) is 11.4 Å². The van der Waals surface area contributed by atoms with Crippen LogP contribution in [0.4, 0.5) is 5.69 Å². The van der Waals surface area contributed by atoms with Crippen molar-refractivity contribution in [3.05, 3.63) is 36.4 Å². The van der Waals surface area contributed by atoms with Crippen molar-refractivity contribution in [2.24, 2.45) is 0 Å². The Hall–Kier alpha value is -1.97. The number of ether oxygens (including phenoxy) is 1. The van der Waals surface area contributed by atoms with Crippen molar-refractivity contribution in [3.63, 3.8) is 0 Å². The fraction of sp³-hybridized carbons (Fsp3) is 0.357. The van der Waals surface area contributed by atoms with Crippen molar-refractivity contribution >= 4 is 5.69 Å². The van der Waals surface area contributed by atoms with Crippen LogP contribution in [0.15, 0.2) is 30.7 Å². The van der Waals surface area contributed by atoms with Crippen molar-refractivity contribution in [1.82, 2.24) is 9.55 Å². The molecule has 94 valence electrons. The third kappa shape index (κ3) is 1.74. The first kappa shape index (κ1) is 11.1. The fourth-order valence-electron chi connectivity index (χ4n) is 2.40. The number of benzene rings is 1. The molecular formula is C14H17N3O. The fourth-order valence-corrected chi connectivity index (χ4v) is 2.40. The van der Waals surface area contributed by atoms with Gasteiger partial charge in [0.05, 0.1) is 19.1 Å². The van der Waals surface area contributed by atoms with Gasteiger partial charge in [0.25, 0.3) is 0 Å². The van der Waals surface area contributed by atoms with Gasteiger partial charge in [-0.2, -0.15) is 0 Å². The quantitative estimate of drug-likeness (QED) is 0.843. The summed E-state index contributed by atoms with van der Waals surface area (Å²) in [6.45, 7) is 0. The molecule has 1 heterocycles. The second-order valence-electron chi connectivity index (χ2n) is 4.74. The summed E-state index contributed by atoms with van der Waals surface area (Å²) >= 11 is 0. The lowest BCUT2D eigenvalue weighted by Gasteiger charge is -2.26. The minimum absolute atomic E-state index is 0.649. The molecule has 1 aliphatic rings. The predicted octanol–water partition coefficient (Wildman–Crippen LogP) is 2.73. The van der Waals surface area contributed by atoms with Crippen LogP contribution in [0.2, 0.25) is 0 Å². The Labute approximate surface area is 106 Å². The van der Waals surface area contributed by atoms with Crippen LogP contribution in [-0.2, 0) is 0 Å². The van der Waals surface area contributed by atoms with E-state index in [1.54, 1.807) is 7.11 Å². The lowest BCUT2D eigenvalue weighted by atomic mass is 9.83. The Morgan fingerprint density at radius 2 is 2.22 bits per heavy atom. The topological polar surface area (TPSA) is 53.1 Å². The molecular weight excluding hydrogens is 226 g/mol. The maximum atomic E-state index is 5.95. The second-order valence-corrected chi connectivity index (χ2v) is 4.74. The van der Waals surface area contributed by atoms with E-state index < -0.39 is 0 Å². The lowest BCUT2D eigenvalue weighted by Crippen LogP contribution is -2.13. The molecule has 1 fully saturated rings. The summed E-state index contributed by atoms with van der Waals surface area (Å²) in [6, 6.07) is 5.84. The molecule has 18 heavy (non-hydrogen) atoms. The predicted molar refractivity (Wildman–Crippen MR) is 71.1 cm³/mol. The molecule has 0 radical (unpaired) electrons. The van der Waals surface area contributed by atoms with Gasteiger partial charge in [-0.1, -0.05) is 6.42 Å². The highest BCUT2D eigenvalue weighted by atomic mass is 16.5. The van der Waals surface area contributed by atoms with Crippen molar-refractivity contribution in [1.29, 1.82) is 0 Å². The van der Waals surface area contributed by atoms with Crippen LogP contribution in [0.5, 0.6) is 5.75 Å². The maximum absolute atomic E-state index is 5.95. The summed E-state index contributed by atoms with van der Waals surface area (Å²) in [5.41, 5.74) is 8.94. The molecule has 4 heteroatoms. The molecule has 1 aromatic carbocycles. The molecule has 1 aromatic heterocycles. The van der Waals surface area contributed by atoms with E-state index >= 15 is 0 Å². The third-order valence-electron chi connectivity index (χ3n) is 3.68. The number of nitrogen functional groups attached to an aromatic ring is 1. The van der Waals surface area contributed by atoms with Crippen LogP contribution in [-0.4, -0.2) is 16.7 Å². The Morgan fingerprint density at radius 1 is 1.39 bits per heavy atom. The molecule has 0 bridgehead atoms. The third-order valence-corrected chi connectivity index (χ3v) is 3.68. The summed E-state index contributed by atoms with van der Waals surface area (Å²) in [4.78, 5) is 4.26. The van der Waals surface area contributed by atoms with E-state index in [1.165, 1.54) is 25.0 Å². The molecule has 1 saturated carbocycles. The average Bonchev–Trinajstić information content (AvgIpc) is 2.75. The van der Waals surface area contributed by atoms with E-state index in [9.17, 15) is 0 Å². The van der Waals surface area contributed by atoms with Crippen molar-refractivity contribution in [2.75, 3.05) is 12.8 Å². The normalized spacial score (nSPS) is 15.4. The molecule has 0 atom stereocenters. The number of hydrogen-bond acceptors (Lipinski definition) is 3. The van der Waals surface area contributed by atoms with E-state index in [0.29, 0.717) is 17.4 Å². The number of rotatable bonds is 3. The first-order valence-electron chi connectivity index (χ1n) is 6.25. The van der Waals surface area contributed by atoms with Crippen molar-refractivity contribution < 1.29 is 4.74 Å². The minimum Gasteiger partial charge on any atom is -0.495 e. The lowest BCUT2D eigenvalue weighted by molar-refractivity contribution is 0.406. The van der Waals surface area contributed by atoms with Crippen molar-refractivity contribution in [2.45, 2.75) is 25.2 Å². The monoisotopic (exact) mass is 243 g/mol. The van der Waals surface area contributed by atoms with E-state index in [0.717, 1.165) is 5.69 Å². The highest BCUT2D eigenvalue weighted by Crippen LogP contribution is 2.37. The second kappa shape index (κ2) is 4.37. The molecule has 4 nitrogen and oxygen atoms in total. The van der Waals surface area contributed by atoms with Gasteiger partial charge in [-0.25, -0.2) is 4.98 Å². The van der Waals surface area contributed by atoms with E-state index in [-0.39, 0.29) is 0 Å². The van der Waals surface area contributed by atoms with Gasteiger partial charge in [0.15, 0.2) is 0 Å². The molecule has 0 saturated heterocycles. The van der Waals surface area contributed by atoms with Gasteiger partial charge >= 0.3 is 0 Å². The van der Waals surface area contributed by atoms with Crippen LogP contribution >= 0.6 is 0 Å². The van der Waals surface area contributed by atoms with Gasteiger partial charge in [-0.05, 0) is 31.0 Å². The van der Waals surface area contributed by atoms with Crippen LogP contribution in [0.3, 0.4) is 0 Å². The molecule has 2 N–H and O–H groups in total. The Morgan fingerprint density at radius 3 is 2.83 bits per heavy atom. The van der Waals surface area contributed by atoms with E-state index in [2.05, 4.69) is 9.55 Å². The number of methoxy groups -OCH3 is 1. The molecule has 0 amide bonds. The van der Waals surface area contributed by atoms with E-state index in [4.69, 9.17) is 10.5 Å². The molecule has 0 spiro atoms. The number of anilines is 1. The van der Waals surface area contributed by atoms with Gasteiger partial charge in [-0.15, -0.1) is 0 Å². The summed E-state index contributed by atoms with van der Waals surface area (Å²) in [5, 5.41) is 0. The van der Waals surface area contributed by atoms with E-state index in [1.807, 2.05) is 30.7 Å².